The summed E-state index contributed by atoms with van der Waals surface area (Å²) in [7, 11) is 3.39. The first-order chi connectivity index (χ1) is 19.5. The van der Waals surface area contributed by atoms with Crippen molar-refractivity contribution in [2.45, 2.75) is 49.1 Å². The van der Waals surface area contributed by atoms with Gasteiger partial charge in [-0.2, -0.15) is 5.10 Å². The molecule has 3 heterocycles. The van der Waals surface area contributed by atoms with E-state index in [0.29, 0.717) is 34.7 Å². The number of ether oxygens (including phenoxy) is 2. The predicted octanol–water partition coefficient (Wildman–Crippen LogP) is 4.48. The number of carbonyl (C=O) groups excluding carboxylic acids is 1. The Bertz CT molecular complexity index is 1270. The number of aromatic amines is 1. The normalized spacial score (nSPS) is 16.4. The molecule has 1 aromatic carbocycles. The van der Waals surface area contributed by atoms with Crippen molar-refractivity contribution in [3.05, 3.63) is 41.6 Å². The van der Waals surface area contributed by atoms with Crippen molar-refractivity contribution in [3.8, 4) is 5.75 Å². The number of ketones is 1. The van der Waals surface area contributed by atoms with Crippen LogP contribution in [-0.2, 0) is 16.0 Å². The molecule has 2 fully saturated rings. The molecule has 11 heteroatoms. The fourth-order valence-corrected chi connectivity index (χ4v) is 6.08. The first kappa shape index (κ1) is 28.4. The maximum atomic E-state index is 12.6. The van der Waals surface area contributed by atoms with Crippen LogP contribution in [0.15, 0.2) is 40.4 Å². The molecule has 5 rings (SSSR count). The molecule has 0 bridgehead atoms. The number of aryl methyl sites for hydroxylation is 1. The predicted molar refractivity (Wildman–Crippen MR) is 157 cm³/mol. The number of rotatable bonds is 12. The highest BCUT2D eigenvalue weighted by molar-refractivity contribution is 7.99. The van der Waals surface area contributed by atoms with Gasteiger partial charge in [-0.3, -0.25) is 14.8 Å². The summed E-state index contributed by atoms with van der Waals surface area (Å²) in [5, 5.41) is 11.2. The van der Waals surface area contributed by atoms with Gasteiger partial charge < -0.3 is 19.7 Å². The molecule has 0 spiro atoms. The molecular formula is C29H39N7O3S. The second-order valence-electron chi connectivity index (χ2n) is 10.5. The van der Waals surface area contributed by atoms with Gasteiger partial charge in [-0.1, -0.05) is 25.0 Å². The zero-order chi connectivity index (χ0) is 27.9. The average molecular weight is 566 g/mol. The lowest BCUT2D eigenvalue weighted by Crippen LogP contribution is -2.47. The summed E-state index contributed by atoms with van der Waals surface area (Å²) in [4.78, 5) is 28.1. The van der Waals surface area contributed by atoms with Crippen LogP contribution in [0.2, 0.25) is 0 Å². The molecule has 10 nitrogen and oxygen atoms in total. The summed E-state index contributed by atoms with van der Waals surface area (Å²) in [6.07, 6.45) is 4.94. The van der Waals surface area contributed by atoms with E-state index < -0.39 is 0 Å². The topological polar surface area (TPSA) is 108 Å². The Hall–Kier alpha value is -3.15. The fraction of sp³-hybridized carbons (Fsp3) is 0.517. The number of H-pyrrole nitrogens is 1. The number of hydrogen-bond donors (Lipinski definition) is 2. The van der Waals surface area contributed by atoms with Gasteiger partial charge in [0.1, 0.15) is 5.78 Å². The maximum Gasteiger partial charge on any atom is 0.204 e. The van der Waals surface area contributed by atoms with E-state index in [1.165, 1.54) is 24.6 Å². The van der Waals surface area contributed by atoms with Gasteiger partial charge >= 0.3 is 0 Å². The highest BCUT2D eigenvalue weighted by Crippen LogP contribution is 2.38. The van der Waals surface area contributed by atoms with Crippen molar-refractivity contribution >= 4 is 35.0 Å². The molecule has 2 aromatic heterocycles. The van der Waals surface area contributed by atoms with E-state index in [-0.39, 0.29) is 5.92 Å². The van der Waals surface area contributed by atoms with Crippen LogP contribution in [0.4, 0.5) is 17.5 Å². The summed E-state index contributed by atoms with van der Waals surface area (Å²) < 4.78 is 11.1. The van der Waals surface area contributed by atoms with Crippen molar-refractivity contribution in [1.82, 2.24) is 25.1 Å². The molecule has 2 N–H and O–H groups in total. The summed E-state index contributed by atoms with van der Waals surface area (Å²) in [6.45, 7) is 7.08. The summed E-state index contributed by atoms with van der Waals surface area (Å²) in [5.74, 6) is 3.20. The molecule has 2 aliphatic rings. The third-order valence-corrected chi connectivity index (χ3v) is 8.46. The maximum absolute atomic E-state index is 12.6. The molecule has 214 valence electrons. The SMILES string of the molecule is COCCN1CCN(c2nc(Sc3ccc(CC(=O)C4CCCC4)cc3)nc(Nc3cc(C)[nH]n3)c2OC)CC1. The quantitative estimate of drug-likeness (QED) is 0.305. The van der Waals surface area contributed by atoms with Crippen LogP contribution in [0.25, 0.3) is 0 Å². The monoisotopic (exact) mass is 565 g/mol. The van der Waals surface area contributed by atoms with Gasteiger partial charge in [0, 0.05) is 68.8 Å². The number of benzene rings is 1. The van der Waals surface area contributed by atoms with Gasteiger partial charge in [0.15, 0.2) is 22.6 Å². The van der Waals surface area contributed by atoms with E-state index in [4.69, 9.17) is 19.4 Å². The lowest BCUT2D eigenvalue weighted by molar-refractivity contribution is -0.122. The highest BCUT2D eigenvalue weighted by atomic mass is 32.2. The average Bonchev–Trinajstić information content (AvgIpc) is 3.65. The van der Waals surface area contributed by atoms with Gasteiger partial charge in [-0.15, -0.1) is 0 Å². The van der Waals surface area contributed by atoms with Crippen molar-refractivity contribution in [2.24, 2.45) is 5.92 Å². The highest BCUT2D eigenvalue weighted by Gasteiger charge is 2.26. The number of anilines is 3. The third kappa shape index (κ3) is 7.13. The fourth-order valence-electron chi connectivity index (χ4n) is 5.33. The molecule has 1 aliphatic heterocycles. The Morgan fingerprint density at radius 2 is 1.85 bits per heavy atom. The van der Waals surface area contributed by atoms with Gasteiger partial charge in [-0.25, -0.2) is 9.97 Å². The molecule has 1 saturated heterocycles. The second kappa shape index (κ2) is 13.5. The summed E-state index contributed by atoms with van der Waals surface area (Å²) in [6, 6.07) is 10.1. The van der Waals surface area contributed by atoms with Crippen molar-refractivity contribution in [1.29, 1.82) is 0 Å². The number of methoxy groups -OCH3 is 2. The zero-order valence-corrected chi connectivity index (χ0v) is 24.4. The van der Waals surface area contributed by atoms with Crippen molar-refractivity contribution in [3.63, 3.8) is 0 Å². The lowest BCUT2D eigenvalue weighted by atomic mass is 9.97. The van der Waals surface area contributed by atoms with Gasteiger partial charge in [-0.05, 0) is 49.2 Å². The van der Waals surface area contributed by atoms with Gasteiger partial charge in [0.25, 0.3) is 0 Å². The molecule has 3 aromatic rings. The van der Waals surface area contributed by atoms with E-state index in [0.717, 1.165) is 74.1 Å². The Balaban J connectivity index is 1.36. The second-order valence-corrected chi connectivity index (χ2v) is 11.5. The van der Waals surface area contributed by atoms with Crippen LogP contribution in [0.3, 0.4) is 0 Å². The molecule has 1 aliphatic carbocycles. The number of hydrogen-bond acceptors (Lipinski definition) is 10. The van der Waals surface area contributed by atoms with Crippen LogP contribution in [-0.4, -0.2) is 84.4 Å². The molecular weight excluding hydrogens is 526 g/mol. The minimum Gasteiger partial charge on any atom is -0.490 e. The minimum atomic E-state index is 0.242. The Labute approximate surface area is 240 Å². The smallest absolute Gasteiger partial charge is 0.204 e. The standard InChI is InChI=1S/C29H39N7O3S/c1-20-18-25(34-33-20)30-27-26(39-3)28(36-14-12-35(13-15-36)16-17-38-2)32-29(31-27)40-23-10-8-21(9-11-23)19-24(37)22-6-4-5-7-22/h8-11,18,22H,4-7,12-17,19H2,1-3H3,(H2,30,31,32,33,34). The molecule has 0 atom stereocenters. The van der Waals surface area contributed by atoms with Gasteiger partial charge in [0.05, 0.1) is 13.7 Å². The largest absolute Gasteiger partial charge is 0.490 e. The van der Waals surface area contributed by atoms with Crippen molar-refractivity contribution in [2.75, 3.05) is 63.8 Å². The van der Waals surface area contributed by atoms with Crippen LogP contribution < -0.4 is 15.0 Å². The summed E-state index contributed by atoms with van der Waals surface area (Å²) >= 11 is 1.49. The number of nitrogens with one attached hydrogen (secondary N) is 2. The molecule has 40 heavy (non-hydrogen) atoms. The van der Waals surface area contributed by atoms with Crippen LogP contribution in [0.5, 0.6) is 5.75 Å². The Morgan fingerprint density at radius 3 is 2.50 bits per heavy atom. The van der Waals surface area contributed by atoms with E-state index >= 15 is 0 Å². The minimum absolute atomic E-state index is 0.242. The number of piperazine rings is 1. The third-order valence-electron chi connectivity index (χ3n) is 7.59. The molecule has 0 unspecified atom stereocenters. The Morgan fingerprint density at radius 1 is 1.10 bits per heavy atom. The number of nitrogens with zero attached hydrogens (tertiary/aromatic N) is 5. The van der Waals surface area contributed by atoms with Crippen molar-refractivity contribution < 1.29 is 14.3 Å². The Kier molecular flexibility index (Phi) is 9.56. The first-order valence-electron chi connectivity index (χ1n) is 14.0. The lowest BCUT2D eigenvalue weighted by Gasteiger charge is -2.36. The van der Waals surface area contributed by atoms with E-state index in [9.17, 15) is 4.79 Å². The van der Waals surface area contributed by atoms with Crippen LogP contribution >= 0.6 is 11.8 Å². The first-order valence-corrected chi connectivity index (χ1v) is 14.8. The summed E-state index contributed by atoms with van der Waals surface area (Å²) in [5.41, 5.74) is 2.00. The molecule has 0 amide bonds. The number of aromatic nitrogens is 4. The van der Waals surface area contributed by atoms with Gasteiger partial charge in [0.2, 0.25) is 5.75 Å². The number of carbonyl (C=O) groups is 1. The van der Waals surface area contributed by atoms with Crippen LogP contribution in [0.1, 0.15) is 36.9 Å². The number of Topliss-reactive ketones (excluding diaryl/α,β-unsaturated/α-hetero) is 1. The zero-order valence-electron chi connectivity index (χ0n) is 23.6. The van der Waals surface area contributed by atoms with Crippen LogP contribution in [0, 0.1) is 12.8 Å². The van der Waals surface area contributed by atoms with E-state index in [1.807, 2.05) is 37.3 Å². The van der Waals surface area contributed by atoms with E-state index in [1.54, 1.807) is 14.2 Å². The van der Waals surface area contributed by atoms with E-state index in [2.05, 4.69) is 25.3 Å². The molecule has 0 radical (unpaired) electrons. The molecule has 1 saturated carbocycles.